The van der Waals surface area contributed by atoms with Crippen LogP contribution in [-0.2, 0) is 23.6 Å². The number of thioether (sulfide) groups is 1. The molecule has 0 amide bonds. The van der Waals surface area contributed by atoms with E-state index in [1.54, 1.807) is 11.8 Å². The molecule has 4 aromatic rings. The first-order valence-electron chi connectivity index (χ1n) is 9.95. The maximum absolute atomic E-state index is 6.20. The Bertz CT molecular complexity index is 1140. The second-order valence-electron chi connectivity index (χ2n) is 7.30. The highest BCUT2D eigenvalue weighted by atomic mass is 35.5. The summed E-state index contributed by atoms with van der Waals surface area (Å²) in [7, 11) is 0. The first-order chi connectivity index (χ1) is 14.8. The molecule has 2 aromatic heterocycles. The van der Waals surface area contributed by atoms with Crippen molar-refractivity contribution in [2.45, 2.75) is 42.9 Å². The van der Waals surface area contributed by atoms with Crippen molar-refractivity contribution < 1.29 is 4.74 Å². The third-order valence-corrected chi connectivity index (χ3v) is 6.39. The van der Waals surface area contributed by atoms with Crippen molar-refractivity contribution in [2.24, 2.45) is 0 Å². The molecule has 0 spiro atoms. The van der Waals surface area contributed by atoms with Gasteiger partial charge in [-0.15, -0.1) is 5.10 Å². The van der Waals surface area contributed by atoms with Crippen molar-refractivity contribution in [1.29, 1.82) is 0 Å². The molecule has 5 rings (SSSR count). The Hall–Kier alpha value is -2.42. The van der Waals surface area contributed by atoms with Gasteiger partial charge in [0, 0.05) is 18.2 Å². The highest BCUT2D eigenvalue weighted by Gasteiger charge is 2.20. The van der Waals surface area contributed by atoms with E-state index in [0.29, 0.717) is 17.3 Å². The number of hydrogen-bond acceptors (Lipinski definition) is 6. The van der Waals surface area contributed by atoms with Gasteiger partial charge < -0.3 is 9.30 Å². The summed E-state index contributed by atoms with van der Waals surface area (Å²) < 4.78 is 9.80. The fourth-order valence-corrected chi connectivity index (χ4v) is 4.73. The van der Waals surface area contributed by atoms with Crippen LogP contribution in [0.3, 0.4) is 0 Å². The van der Waals surface area contributed by atoms with Gasteiger partial charge in [-0.1, -0.05) is 53.7 Å². The van der Waals surface area contributed by atoms with E-state index in [1.807, 2.05) is 28.9 Å². The summed E-state index contributed by atoms with van der Waals surface area (Å²) in [6.45, 7) is 2.25. The van der Waals surface area contributed by atoms with E-state index in [2.05, 4.69) is 44.4 Å². The van der Waals surface area contributed by atoms with Crippen LogP contribution in [0.25, 0.3) is 11.0 Å². The maximum Gasteiger partial charge on any atom is 0.209 e. The number of fused-ring (bicyclic) bond motifs is 1. The number of aromatic nitrogens is 6. The van der Waals surface area contributed by atoms with Gasteiger partial charge in [0.25, 0.3) is 0 Å². The zero-order valence-electron chi connectivity index (χ0n) is 16.3. The minimum Gasteiger partial charge on any atom is -0.376 e. The topological polar surface area (TPSA) is 70.7 Å². The third kappa shape index (κ3) is 4.21. The van der Waals surface area contributed by atoms with Crippen LogP contribution in [-0.4, -0.2) is 42.5 Å². The molecule has 1 aliphatic heterocycles. The van der Waals surface area contributed by atoms with Crippen LogP contribution in [0.1, 0.15) is 24.2 Å². The van der Waals surface area contributed by atoms with Crippen LogP contribution in [0.15, 0.2) is 53.7 Å². The molecular weight excluding hydrogens is 420 g/mol. The van der Waals surface area contributed by atoms with Crippen LogP contribution >= 0.6 is 23.4 Å². The van der Waals surface area contributed by atoms with E-state index in [4.69, 9.17) is 21.3 Å². The highest BCUT2D eigenvalue weighted by Crippen LogP contribution is 2.27. The molecule has 7 nitrogen and oxygen atoms in total. The van der Waals surface area contributed by atoms with Crippen LogP contribution in [0.5, 0.6) is 0 Å². The van der Waals surface area contributed by atoms with Gasteiger partial charge >= 0.3 is 0 Å². The number of ether oxygens (including phenoxy) is 1. The minimum atomic E-state index is 0.192. The van der Waals surface area contributed by atoms with Crippen molar-refractivity contribution in [2.75, 3.05) is 6.61 Å². The molecule has 154 valence electrons. The zero-order chi connectivity index (χ0) is 20.3. The van der Waals surface area contributed by atoms with Crippen LogP contribution in [0.4, 0.5) is 0 Å². The molecule has 0 N–H and O–H groups in total. The molecule has 3 heterocycles. The number of benzene rings is 2. The number of rotatable bonds is 7. The summed E-state index contributed by atoms with van der Waals surface area (Å²) in [5, 5.41) is 13.7. The molecule has 0 aliphatic carbocycles. The van der Waals surface area contributed by atoms with Crippen molar-refractivity contribution in [3.05, 3.63) is 64.9 Å². The predicted octanol–water partition coefficient (Wildman–Crippen LogP) is 4.20. The fourth-order valence-electron chi connectivity index (χ4n) is 3.73. The number of nitrogens with zero attached hydrogens (tertiary/aromatic N) is 6. The van der Waals surface area contributed by atoms with Crippen molar-refractivity contribution in [3.8, 4) is 0 Å². The minimum absolute atomic E-state index is 0.192. The fraction of sp³-hybridized carbons (Fsp3) is 0.333. The smallest absolute Gasteiger partial charge is 0.209 e. The zero-order valence-corrected chi connectivity index (χ0v) is 17.9. The lowest BCUT2D eigenvalue weighted by atomic mass is 10.2. The van der Waals surface area contributed by atoms with E-state index in [1.165, 1.54) is 5.56 Å². The van der Waals surface area contributed by atoms with Gasteiger partial charge in [0.15, 0.2) is 0 Å². The number of halogens is 1. The third-order valence-electron chi connectivity index (χ3n) is 5.20. The Balaban J connectivity index is 1.40. The van der Waals surface area contributed by atoms with E-state index >= 15 is 0 Å². The first kappa shape index (κ1) is 19.5. The normalized spacial score (nSPS) is 16.5. The van der Waals surface area contributed by atoms with Crippen molar-refractivity contribution in [3.63, 3.8) is 0 Å². The van der Waals surface area contributed by atoms with E-state index < -0.39 is 0 Å². The Labute approximate surface area is 183 Å². The molecule has 1 saturated heterocycles. The van der Waals surface area contributed by atoms with E-state index in [9.17, 15) is 0 Å². The molecule has 0 saturated carbocycles. The molecule has 0 unspecified atom stereocenters. The number of hydrogen-bond donors (Lipinski definition) is 0. The molecule has 1 aliphatic rings. The Morgan fingerprint density at radius 2 is 2.07 bits per heavy atom. The first-order valence-corrected chi connectivity index (χ1v) is 11.3. The molecule has 1 fully saturated rings. The summed E-state index contributed by atoms with van der Waals surface area (Å²) >= 11 is 7.79. The van der Waals surface area contributed by atoms with Gasteiger partial charge in [-0.25, -0.2) is 9.67 Å². The van der Waals surface area contributed by atoms with Gasteiger partial charge in [0.05, 0.1) is 29.4 Å². The lowest BCUT2D eigenvalue weighted by Gasteiger charge is -2.11. The number of tetrazole rings is 1. The van der Waals surface area contributed by atoms with Gasteiger partial charge in [0.2, 0.25) is 5.16 Å². The molecule has 30 heavy (non-hydrogen) atoms. The summed E-state index contributed by atoms with van der Waals surface area (Å²) in [4.78, 5) is 4.86. The average molecular weight is 441 g/mol. The molecular formula is C21H21ClN6OS. The van der Waals surface area contributed by atoms with Gasteiger partial charge in [-0.3, -0.25) is 0 Å². The molecule has 9 heteroatoms. The van der Waals surface area contributed by atoms with Gasteiger partial charge in [-0.05, 0) is 47.0 Å². The second kappa shape index (κ2) is 8.75. The van der Waals surface area contributed by atoms with Crippen molar-refractivity contribution in [1.82, 2.24) is 29.8 Å². The Kier molecular flexibility index (Phi) is 5.70. The van der Waals surface area contributed by atoms with E-state index in [0.717, 1.165) is 48.0 Å². The maximum atomic E-state index is 6.20. The summed E-state index contributed by atoms with van der Waals surface area (Å²) in [5.74, 6) is 1.62. The monoisotopic (exact) mass is 440 g/mol. The number of imidazole rings is 1. The van der Waals surface area contributed by atoms with Crippen LogP contribution < -0.4 is 0 Å². The summed E-state index contributed by atoms with van der Waals surface area (Å²) in [6, 6.07) is 16.2. The summed E-state index contributed by atoms with van der Waals surface area (Å²) in [6.07, 6.45) is 2.34. The van der Waals surface area contributed by atoms with Crippen LogP contribution in [0.2, 0.25) is 5.02 Å². The molecule has 0 bridgehead atoms. The SMILES string of the molecule is Clc1ccc2c(c1)nc(CSc1nnnn1C[C@H]1CCCO1)n2Cc1ccccc1. The van der Waals surface area contributed by atoms with E-state index in [-0.39, 0.29) is 6.10 Å². The largest absolute Gasteiger partial charge is 0.376 e. The lowest BCUT2D eigenvalue weighted by Crippen LogP contribution is -2.17. The second-order valence-corrected chi connectivity index (χ2v) is 8.68. The molecule has 2 aromatic carbocycles. The summed E-state index contributed by atoms with van der Waals surface area (Å²) in [5.41, 5.74) is 3.19. The molecule has 1 atom stereocenters. The van der Waals surface area contributed by atoms with Crippen molar-refractivity contribution >= 4 is 34.4 Å². The van der Waals surface area contributed by atoms with Gasteiger partial charge in [0.1, 0.15) is 5.82 Å². The highest BCUT2D eigenvalue weighted by molar-refractivity contribution is 7.98. The quantitative estimate of drug-likeness (QED) is 0.401. The lowest BCUT2D eigenvalue weighted by molar-refractivity contribution is 0.0912. The predicted molar refractivity (Wildman–Crippen MR) is 117 cm³/mol. The molecule has 0 radical (unpaired) electrons. The van der Waals surface area contributed by atoms with Crippen LogP contribution in [0, 0.1) is 0 Å². The van der Waals surface area contributed by atoms with Gasteiger partial charge in [-0.2, -0.15) is 0 Å². The Morgan fingerprint density at radius 1 is 1.17 bits per heavy atom. The average Bonchev–Trinajstić information content (AvgIpc) is 3.49. The Morgan fingerprint density at radius 3 is 2.90 bits per heavy atom. The standard InChI is InChI=1S/C21H21ClN6OS/c22-16-8-9-19-18(11-16)23-20(27(19)12-15-5-2-1-3-6-15)14-30-21-24-25-26-28(21)13-17-7-4-10-29-17/h1-3,5-6,8-9,11,17H,4,7,10,12-14H2/t17-/m1/s1.